The summed E-state index contributed by atoms with van der Waals surface area (Å²) in [7, 11) is 1.35. The van der Waals surface area contributed by atoms with Crippen molar-refractivity contribution in [1.82, 2.24) is 19.5 Å². The Hall–Kier alpha value is -3.22. The van der Waals surface area contributed by atoms with Crippen LogP contribution in [0.1, 0.15) is 26.3 Å². The van der Waals surface area contributed by atoms with E-state index in [1.54, 1.807) is 24.8 Å². The Labute approximate surface area is 151 Å². The van der Waals surface area contributed by atoms with Crippen LogP contribution in [0.15, 0.2) is 43.0 Å². The van der Waals surface area contributed by atoms with E-state index in [-0.39, 0.29) is 5.54 Å². The van der Waals surface area contributed by atoms with Crippen molar-refractivity contribution in [2.45, 2.75) is 26.3 Å². The van der Waals surface area contributed by atoms with Crippen LogP contribution < -0.4 is 5.32 Å². The number of fused-ring (bicyclic) bond motifs is 1. The molecule has 2 aromatic heterocycles. The zero-order chi connectivity index (χ0) is 18.7. The molecule has 0 aliphatic rings. The molecule has 0 fully saturated rings. The second-order valence-electron chi connectivity index (χ2n) is 6.86. The quantitative estimate of drug-likeness (QED) is 0.574. The van der Waals surface area contributed by atoms with Crippen LogP contribution in [0, 0.1) is 0 Å². The van der Waals surface area contributed by atoms with E-state index in [0.717, 1.165) is 16.6 Å². The Balaban J connectivity index is 1.99. The van der Waals surface area contributed by atoms with Gasteiger partial charge < -0.3 is 10.1 Å². The minimum atomic E-state index is -0.398. The van der Waals surface area contributed by atoms with Gasteiger partial charge in [0.05, 0.1) is 30.5 Å². The maximum absolute atomic E-state index is 11.3. The van der Waals surface area contributed by atoms with Crippen LogP contribution >= 0.6 is 0 Å². The van der Waals surface area contributed by atoms with E-state index in [0.29, 0.717) is 11.6 Å². The van der Waals surface area contributed by atoms with Crippen LogP contribution in [-0.2, 0) is 9.53 Å². The van der Waals surface area contributed by atoms with Gasteiger partial charge in [0.1, 0.15) is 12.1 Å². The number of ether oxygens (including phenoxy) is 1. The highest BCUT2D eigenvalue weighted by molar-refractivity contribution is 5.88. The lowest BCUT2D eigenvalue weighted by molar-refractivity contribution is -0.134. The van der Waals surface area contributed by atoms with Gasteiger partial charge in [0, 0.05) is 11.6 Å². The van der Waals surface area contributed by atoms with E-state index in [1.165, 1.54) is 13.2 Å². The highest BCUT2D eigenvalue weighted by atomic mass is 16.5. The molecule has 3 aromatic rings. The molecule has 3 rings (SSSR count). The highest BCUT2D eigenvalue weighted by Gasteiger charge is 2.12. The number of nitrogens with one attached hydrogen (secondary N) is 1. The van der Waals surface area contributed by atoms with E-state index >= 15 is 0 Å². The van der Waals surface area contributed by atoms with E-state index < -0.39 is 5.97 Å². The molecule has 1 N–H and O–H groups in total. The summed E-state index contributed by atoms with van der Waals surface area (Å²) in [5.74, 6) is 0.958. The van der Waals surface area contributed by atoms with Crippen LogP contribution in [0.4, 0.5) is 5.82 Å². The topological polar surface area (TPSA) is 81.9 Å². The average molecular weight is 351 g/mol. The molecular formula is C19H21N5O2. The summed E-state index contributed by atoms with van der Waals surface area (Å²) >= 11 is 0. The van der Waals surface area contributed by atoms with Gasteiger partial charge in [-0.2, -0.15) is 0 Å². The van der Waals surface area contributed by atoms with Crippen LogP contribution in [0.25, 0.3) is 22.9 Å². The molecule has 0 aliphatic heterocycles. The van der Waals surface area contributed by atoms with Crippen molar-refractivity contribution in [2.75, 3.05) is 12.4 Å². The molecule has 0 unspecified atom stereocenters. The fourth-order valence-corrected chi connectivity index (χ4v) is 2.46. The molecular weight excluding hydrogens is 330 g/mol. The van der Waals surface area contributed by atoms with Crippen molar-refractivity contribution in [1.29, 1.82) is 0 Å². The molecule has 7 heteroatoms. The predicted octanol–water partition coefficient (Wildman–Crippen LogP) is 3.21. The minimum Gasteiger partial charge on any atom is -0.466 e. The van der Waals surface area contributed by atoms with E-state index in [1.807, 2.05) is 22.8 Å². The van der Waals surface area contributed by atoms with E-state index in [4.69, 9.17) is 0 Å². The largest absolute Gasteiger partial charge is 0.466 e. The molecule has 134 valence electrons. The lowest BCUT2D eigenvalue weighted by Crippen LogP contribution is -2.26. The van der Waals surface area contributed by atoms with Crippen LogP contribution in [0.2, 0.25) is 0 Å². The fraction of sp³-hybridized carbons (Fsp3) is 0.263. The fourth-order valence-electron chi connectivity index (χ4n) is 2.46. The summed E-state index contributed by atoms with van der Waals surface area (Å²) in [6.07, 6.45) is 8.18. The molecule has 0 spiro atoms. The molecule has 0 amide bonds. The Kier molecular flexibility index (Phi) is 4.71. The second kappa shape index (κ2) is 6.95. The first kappa shape index (κ1) is 17.6. The summed E-state index contributed by atoms with van der Waals surface area (Å²) in [6.45, 7) is 6.19. The molecule has 2 heterocycles. The maximum Gasteiger partial charge on any atom is 0.330 e. The van der Waals surface area contributed by atoms with E-state index in [9.17, 15) is 4.79 Å². The lowest BCUT2D eigenvalue weighted by Gasteiger charge is -2.21. The summed E-state index contributed by atoms with van der Waals surface area (Å²) < 4.78 is 6.49. The van der Waals surface area contributed by atoms with Crippen molar-refractivity contribution in [2.24, 2.45) is 0 Å². The van der Waals surface area contributed by atoms with Gasteiger partial charge in [-0.3, -0.25) is 9.55 Å². The molecule has 7 nitrogen and oxygen atoms in total. The summed E-state index contributed by atoms with van der Waals surface area (Å²) in [5.41, 5.74) is 2.45. The minimum absolute atomic E-state index is 0.115. The third-order valence-corrected chi connectivity index (χ3v) is 3.56. The van der Waals surface area contributed by atoms with Crippen molar-refractivity contribution in [3.8, 4) is 5.82 Å². The first-order chi connectivity index (χ1) is 12.4. The standard InChI is InChI=1S/C19H21N5O2/c1-19(2,3)23-16-10-20-11-17(22-16)24-12-21-14-7-5-13(9-15(14)24)6-8-18(25)26-4/h5-12H,1-4H3,(H,22,23). The van der Waals surface area contributed by atoms with Gasteiger partial charge in [-0.25, -0.2) is 14.8 Å². The van der Waals surface area contributed by atoms with Crippen LogP contribution in [-0.4, -0.2) is 38.1 Å². The van der Waals surface area contributed by atoms with Gasteiger partial charge >= 0.3 is 5.97 Å². The van der Waals surface area contributed by atoms with Crippen LogP contribution in [0.5, 0.6) is 0 Å². The molecule has 0 saturated carbocycles. The average Bonchev–Trinajstić information content (AvgIpc) is 3.01. The zero-order valence-electron chi connectivity index (χ0n) is 15.2. The highest BCUT2D eigenvalue weighted by Crippen LogP contribution is 2.20. The molecule has 0 bridgehead atoms. The van der Waals surface area contributed by atoms with Gasteiger partial charge in [0.15, 0.2) is 5.82 Å². The molecule has 1 aromatic carbocycles. The normalized spacial score (nSPS) is 11.8. The molecule has 0 radical (unpaired) electrons. The lowest BCUT2D eigenvalue weighted by atomic mass is 10.1. The van der Waals surface area contributed by atoms with Crippen molar-refractivity contribution in [3.63, 3.8) is 0 Å². The number of rotatable bonds is 4. The number of hydrogen-bond acceptors (Lipinski definition) is 6. The Morgan fingerprint density at radius 2 is 2.08 bits per heavy atom. The number of imidazole rings is 1. The number of esters is 1. The molecule has 0 atom stereocenters. The number of benzene rings is 1. The first-order valence-electron chi connectivity index (χ1n) is 8.19. The smallest absolute Gasteiger partial charge is 0.330 e. The van der Waals surface area contributed by atoms with Crippen molar-refractivity contribution in [3.05, 3.63) is 48.6 Å². The van der Waals surface area contributed by atoms with Crippen molar-refractivity contribution >= 4 is 28.9 Å². The van der Waals surface area contributed by atoms with Gasteiger partial charge in [-0.05, 0) is 44.5 Å². The summed E-state index contributed by atoms with van der Waals surface area (Å²) in [4.78, 5) is 24.6. The molecule has 0 saturated heterocycles. The van der Waals surface area contributed by atoms with Gasteiger partial charge in [-0.15, -0.1) is 0 Å². The van der Waals surface area contributed by atoms with Gasteiger partial charge in [-0.1, -0.05) is 6.07 Å². The Bertz CT molecular complexity index is 969. The number of nitrogens with zero attached hydrogens (tertiary/aromatic N) is 4. The maximum atomic E-state index is 11.3. The first-order valence-corrected chi connectivity index (χ1v) is 8.19. The number of carbonyl (C=O) groups is 1. The zero-order valence-corrected chi connectivity index (χ0v) is 15.2. The third-order valence-electron chi connectivity index (χ3n) is 3.56. The summed E-state index contributed by atoms with van der Waals surface area (Å²) in [6, 6.07) is 5.73. The number of aromatic nitrogens is 4. The summed E-state index contributed by atoms with van der Waals surface area (Å²) in [5, 5.41) is 3.31. The van der Waals surface area contributed by atoms with Gasteiger partial charge in [0.2, 0.25) is 0 Å². The van der Waals surface area contributed by atoms with E-state index in [2.05, 4.69) is 45.8 Å². The third kappa shape index (κ3) is 4.05. The van der Waals surface area contributed by atoms with Gasteiger partial charge in [0.25, 0.3) is 0 Å². The van der Waals surface area contributed by atoms with Crippen LogP contribution in [0.3, 0.4) is 0 Å². The molecule has 26 heavy (non-hydrogen) atoms. The van der Waals surface area contributed by atoms with Crippen molar-refractivity contribution < 1.29 is 9.53 Å². The molecule has 0 aliphatic carbocycles. The number of hydrogen-bond donors (Lipinski definition) is 1. The monoisotopic (exact) mass is 351 g/mol. The Morgan fingerprint density at radius 3 is 2.81 bits per heavy atom. The second-order valence-corrected chi connectivity index (χ2v) is 6.86. The SMILES string of the molecule is COC(=O)C=Cc1ccc2ncn(-c3cncc(NC(C)(C)C)n3)c2c1. The number of anilines is 1. The Morgan fingerprint density at radius 1 is 1.27 bits per heavy atom. The predicted molar refractivity (Wildman–Crippen MR) is 101 cm³/mol. The number of carbonyl (C=O) groups excluding carboxylic acids is 1. The number of methoxy groups -OCH3 is 1.